The van der Waals surface area contributed by atoms with E-state index in [2.05, 4.69) is 10.3 Å². The number of nitrogens with one attached hydrogen (secondary N) is 2. The zero-order valence-electron chi connectivity index (χ0n) is 16.7. The van der Waals surface area contributed by atoms with E-state index in [-0.39, 0.29) is 6.54 Å². The Labute approximate surface area is 183 Å². The summed E-state index contributed by atoms with van der Waals surface area (Å²) in [5, 5.41) is 13.2. The Morgan fingerprint density at radius 2 is 1.94 bits per heavy atom. The van der Waals surface area contributed by atoms with Crippen molar-refractivity contribution < 1.29 is 27.4 Å². The number of amides is 1. The zero-order valence-corrected chi connectivity index (χ0v) is 17.5. The molecular formula is C21H19FN4O5S. The number of benzene rings is 2. The lowest BCUT2D eigenvalue weighted by molar-refractivity contribution is -0.117. The van der Waals surface area contributed by atoms with Gasteiger partial charge in [0.05, 0.1) is 6.20 Å². The maximum Gasteiger partial charge on any atom is 0.326 e. The quantitative estimate of drug-likeness (QED) is 0.497. The summed E-state index contributed by atoms with van der Waals surface area (Å²) in [5.74, 6) is -1.30. The molecule has 9 nitrogen and oxygen atoms in total. The van der Waals surface area contributed by atoms with Crippen LogP contribution in [0.3, 0.4) is 0 Å². The van der Waals surface area contributed by atoms with E-state index >= 15 is 0 Å². The van der Waals surface area contributed by atoms with Crippen LogP contribution in [-0.4, -0.2) is 31.0 Å². The smallest absolute Gasteiger partial charge is 0.326 e. The van der Waals surface area contributed by atoms with Crippen molar-refractivity contribution in [3.8, 4) is 11.5 Å². The molecular weight excluding hydrogens is 439 g/mol. The number of hydrogen-bond acceptors (Lipinski definition) is 7. The molecule has 32 heavy (non-hydrogen) atoms. The van der Waals surface area contributed by atoms with E-state index in [1.165, 1.54) is 6.07 Å². The maximum atomic E-state index is 14.6. The standard InChI is InChI=1S/C21H19FN4O5S/c22-17-8-15(9-18(27)21(17)26-12-20(28)25-32(26,29)30)10-23-19-7-6-16(11-24-19)31-13-14-4-2-1-3-5-14/h1-9,11,27H,10,12-13H2,(H,23,24)(H,25,28). The molecule has 3 aromatic rings. The van der Waals surface area contributed by atoms with Gasteiger partial charge in [-0.25, -0.2) is 18.4 Å². The second-order valence-corrected chi connectivity index (χ2v) is 8.58. The van der Waals surface area contributed by atoms with Crippen LogP contribution in [0.25, 0.3) is 0 Å². The van der Waals surface area contributed by atoms with Gasteiger partial charge in [-0.1, -0.05) is 30.3 Å². The van der Waals surface area contributed by atoms with E-state index in [0.29, 0.717) is 28.0 Å². The lowest BCUT2D eigenvalue weighted by Crippen LogP contribution is -2.30. The first-order valence-electron chi connectivity index (χ1n) is 9.53. The van der Waals surface area contributed by atoms with Gasteiger partial charge in [-0.3, -0.25) is 4.79 Å². The molecule has 166 valence electrons. The van der Waals surface area contributed by atoms with Crippen molar-refractivity contribution in [1.82, 2.24) is 9.71 Å². The van der Waals surface area contributed by atoms with E-state index in [1.807, 2.05) is 30.3 Å². The third-order valence-corrected chi connectivity index (χ3v) is 6.01. The first-order chi connectivity index (χ1) is 15.3. The van der Waals surface area contributed by atoms with E-state index in [1.54, 1.807) is 23.1 Å². The molecule has 0 unspecified atom stereocenters. The number of aromatic nitrogens is 1. The molecule has 0 saturated carbocycles. The fourth-order valence-corrected chi connectivity index (χ4v) is 4.31. The minimum Gasteiger partial charge on any atom is -0.506 e. The number of hydrogen-bond donors (Lipinski definition) is 3. The lowest BCUT2D eigenvalue weighted by Gasteiger charge is -2.18. The average Bonchev–Trinajstić information content (AvgIpc) is 3.03. The van der Waals surface area contributed by atoms with Crippen LogP contribution in [0.5, 0.6) is 11.5 Å². The monoisotopic (exact) mass is 458 g/mol. The van der Waals surface area contributed by atoms with Crippen LogP contribution in [0.1, 0.15) is 11.1 Å². The van der Waals surface area contributed by atoms with Crippen molar-refractivity contribution in [2.75, 3.05) is 16.2 Å². The van der Waals surface area contributed by atoms with Gasteiger partial charge in [-0.15, -0.1) is 0 Å². The number of phenolic OH excluding ortho intramolecular Hbond substituents is 1. The Kier molecular flexibility index (Phi) is 5.82. The highest BCUT2D eigenvalue weighted by Gasteiger charge is 2.37. The van der Waals surface area contributed by atoms with Gasteiger partial charge >= 0.3 is 10.2 Å². The summed E-state index contributed by atoms with van der Waals surface area (Å²) in [6.07, 6.45) is 1.55. The molecule has 0 spiro atoms. The number of phenols is 1. The molecule has 1 aromatic heterocycles. The molecule has 1 aliphatic rings. The average molecular weight is 458 g/mol. The fraction of sp³-hybridized carbons (Fsp3) is 0.143. The van der Waals surface area contributed by atoms with Gasteiger partial charge in [0, 0.05) is 6.54 Å². The van der Waals surface area contributed by atoms with E-state index in [9.17, 15) is 22.7 Å². The van der Waals surface area contributed by atoms with Crippen molar-refractivity contribution >= 4 is 27.6 Å². The minimum absolute atomic E-state index is 0.117. The van der Waals surface area contributed by atoms with Gasteiger partial charge in [-0.2, -0.15) is 8.42 Å². The van der Waals surface area contributed by atoms with Gasteiger partial charge in [0.15, 0.2) is 5.82 Å². The van der Waals surface area contributed by atoms with E-state index in [4.69, 9.17) is 4.74 Å². The van der Waals surface area contributed by atoms with Gasteiger partial charge in [0.25, 0.3) is 5.91 Å². The number of pyridine rings is 1. The summed E-state index contributed by atoms with van der Waals surface area (Å²) in [4.78, 5) is 15.6. The first kappa shape index (κ1) is 21.4. The molecule has 0 aliphatic carbocycles. The van der Waals surface area contributed by atoms with Gasteiger partial charge in [-0.05, 0) is 35.4 Å². The molecule has 1 fully saturated rings. The van der Waals surface area contributed by atoms with E-state index in [0.717, 1.165) is 11.6 Å². The number of rotatable bonds is 7. The number of aromatic hydroxyl groups is 1. The normalized spacial score (nSPS) is 14.8. The van der Waals surface area contributed by atoms with Gasteiger partial charge in [0.1, 0.15) is 36.2 Å². The third kappa shape index (κ3) is 4.72. The zero-order chi connectivity index (χ0) is 22.7. The van der Waals surface area contributed by atoms with Gasteiger partial charge in [0.2, 0.25) is 0 Å². The van der Waals surface area contributed by atoms with E-state index < -0.39 is 39.9 Å². The molecule has 0 atom stereocenters. The number of nitrogens with zero attached hydrogens (tertiary/aromatic N) is 2. The second-order valence-electron chi connectivity index (χ2n) is 6.99. The van der Waals surface area contributed by atoms with Crippen LogP contribution in [0.4, 0.5) is 15.9 Å². The highest BCUT2D eigenvalue weighted by Crippen LogP contribution is 2.34. The number of anilines is 2. The molecule has 1 aliphatic heterocycles. The van der Waals surface area contributed by atoms with Crippen molar-refractivity contribution in [3.63, 3.8) is 0 Å². The van der Waals surface area contributed by atoms with Crippen LogP contribution < -0.4 is 19.1 Å². The van der Waals surface area contributed by atoms with Crippen LogP contribution in [0.15, 0.2) is 60.8 Å². The predicted octanol–water partition coefficient (Wildman–Crippen LogP) is 2.30. The Morgan fingerprint density at radius 3 is 2.56 bits per heavy atom. The summed E-state index contributed by atoms with van der Waals surface area (Å²) in [7, 11) is -4.23. The molecule has 1 saturated heterocycles. The second kappa shape index (κ2) is 8.71. The lowest BCUT2D eigenvalue weighted by atomic mass is 10.1. The molecule has 2 aromatic carbocycles. The number of ether oxygens (including phenoxy) is 1. The molecule has 0 radical (unpaired) electrons. The largest absolute Gasteiger partial charge is 0.506 e. The Bertz CT molecular complexity index is 1210. The maximum absolute atomic E-state index is 14.6. The highest BCUT2D eigenvalue weighted by atomic mass is 32.2. The van der Waals surface area contributed by atoms with Crippen molar-refractivity contribution in [2.24, 2.45) is 0 Å². The van der Waals surface area contributed by atoms with Crippen LogP contribution >= 0.6 is 0 Å². The molecule has 1 amide bonds. The summed E-state index contributed by atoms with van der Waals surface area (Å²) in [6.45, 7) is -0.0764. The highest BCUT2D eigenvalue weighted by molar-refractivity contribution is 7.92. The summed E-state index contributed by atoms with van der Waals surface area (Å²) in [6, 6.07) is 15.4. The number of halogens is 1. The summed E-state index contributed by atoms with van der Waals surface area (Å²) in [5.41, 5.74) is 0.804. The Morgan fingerprint density at radius 1 is 1.16 bits per heavy atom. The number of carbonyl (C=O) groups excluding carboxylic acids is 1. The molecule has 11 heteroatoms. The molecule has 4 rings (SSSR count). The first-order valence-corrected chi connectivity index (χ1v) is 11.0. The third-order valence-electron chi connectivity index (χ3n) is 4.63. The molecule has 0 bridgehead atoms. The number of carbonyl (C=O) groups is 1. The summed E-state index contributed by atoms with van der Waals surface area (Å²) < 4.78 is 46.3. The summed E-state index contributed by atoms with van der Waals surface area (Å²) >= 11 is 0. The van der Waals surface area contributed by atoms with Crippen LogP contribution in [-0.2, 0) is 28.2 Å². The Hall–Kier alpha value is -3.86. The van der Waals surface area contributed by atoms with Crippen molar-refractivity contribution in [2.45, 2.75) is 13.2 Å². The van der Waals surface area contributed by atoms with Crippen molar-refractivity contribution in [3.05, 3.63) is 77.7 Å². The fourth-order valence-electron chi connectivity index (χ4n) is 3.14. The Balaban J connectivity index is 1.39. The SMILES string of the molecule is O=C1CN(c2c(O)cc(CNc3ccc(OCc4ccccc4)cn3)cc2F)S(=O)(=O)N1. The van der Waals surface area contributed by atoms with Crippen LogP contribution in [0.2, 0.25) is 0 Å². The molecule has 2 heterocycles. The van der Waals surface area contributed by atoms with Gasteiger partial charge < -0.3 is 15.2 Å². The predicted molar refractivity (Wildman–Crippen MR) is 115 cm³/mol. The molecule has 3 N–H and O–H groups in total. The van der Waals surface area contributed by atoms with Crippen molar-refractivity contribution in [1.29, 1.82) is 0 Å². The topological polar surface area (TPSA) is 121 Å². The minimum atomic E-state index is -4.23. The van der Waals surface area contributed by atoms with Crippen LogP contribution in [0, 0.1) is 5.82 Å².